The first-order valence-corrected chi connectivity index (χ1v) is 9.94. The normalized spacial score (nSPS) is 10.9. The molecule has 9 heteroatoms. The number of aromatic nitrogens is 4. The predicted octanol–water partition coefficient (Wildman–Crippen LogP) is 2.09. The minimum Gasteiger partial charge on any atom is -0.353 e. The first kappa shape index (κ1) is 20.5. The number of fused-ring (bicyclic) bond motifs is 1. The van der Waals surface area contributed by atoms with Crippen molar-refractivity contribution in [3.63, 3.8) is 0 Å². The van der Waals surface area contributed by atoms with Crippen molar-refractivity contribution < 1.29 is 4.79 Å². The highest BCUT2D eigenvalue weighted by Crippen LogP contribution is 2.18. The van der Waals surface area contributed by atoms with Crippen molar-refractivity contribution in [1.82, 2.24) is 24.6 Å². The lowest BCUT2D eigenvalue weighted by molar-refractivity contribution is -0.121. The van der Waals surface area contributed by atoms with E-state index in [1.807, 2.05) is 12.1 Å². The molecule has 0 aliphatic carbocycles. The smallest absolute Gasteiger partial charge is 0.266 e. The Bertz CT molecular complexity index is 1360. The van der Waals surface area contributed by atoms with E-state index in [2.05, 4.69) is 15.4 Å². The van der Waals surface area contributed by atoms with E-state index in [1.165, 1.54) is 21.6 Å². The zero-order valence-electron chi connectivity index (χ0n) is 16.4. The fourth-order valence-corrected chi connectivity index (χ4v) is 3.24. The molecule has 156 valence electrons. The maximum Gasteiger partial charge on any atom is 0.266 e. The quantitative estimate of drug-likeness (QED) is 0.500. The highest BCUT2D eigenvalue weighted by atomic mass is 35.5. The summed E-state index contributed by atoms with van der Waals surface area (Å²) >= 11 is 5.91. The second-order valence-electron chi connectivity index (χ2n) is 6.83. The Labute approximate surface area is 181 Å². The molecule has 0 saturated carbocycles. The molecule has 4 aromatic rings. The molecular weight excluding hydrogens is 418 g/mol. The van der Waals surface area contributed by atoms with E-state index in [0.717, 1.165) is 5.56 Å². The topological polar surface area (TPSA) is 98.9 Å². The minimum absolute atomic E-state index is 0.163. The molecule has 0 fully saturated rings. The molecule has 0 unspecified atom stereocenters. The number of amides is 1. The van der Waals surface area contributed by atoms with E-state index < -0.39 is 0 Å². The Kier molecular flexibility index (Phi) is 5.90. The predicted molar refractivity (Wildman–Crippen MR) is 118 cm³/mol. The molecular formula is C22H18ClN5O3. The molecule has 2 aromatic carbocycles. The van der Waals surface area contributed by atoms with Gasteiger partial charge in [0.25, 0.3) is 11.1 Å². The van der Waals surface area contributed by atoms with Crippen LogP contribution in [0, 0.1) is 0 Å². The van der Waals surface area contributed by atoms with Crippen molar-refractivity contribution in [2.45, 2.75) is 13.1 Å². The number of benzene rings is 2. The molecule has 31 heavy (non-hydrogen) atoms. The fraction of sp³-hybridized carbons (Fsp3) is 0.136. The van der Waals surface area contributed by atoms with Crippen molar-refractivity contribution in [3.05, 3.63) is 92.7 Å². The summed E-state index contributed by atoms with van der Waals surface area (Å²) in [4.78, 5) is 41.1. The van der Waals surface area contributed by atoms with Crippen LogP contribution < -0.4 is 16.4 Å². The minimum atomic E-state index is -0.360. The Morgan fingerprint density at radius 1 is 1.00 bits per heavy atom. The number of hydrogen-bond donors (Lipinski definition) is 1. The first-order valence-electron chi connectivity index (χ1n) is 9.56. The van der Waals surface area contributed by atoms with Gasteiger partial charge in [-0.15, -0.1) is 0 Å². The lowest BCUT2D eigenvalue weighted by atomic mass is 10.1. The van der Waals surface area contributed by atoms with Crippen LogP contribution in [0.3, 0.4) is 0 Å². The number of nitrogens with one attached hydrogen (secondary N) is 1. The summed E-state index contributed by atoms with van der Waals surface area (Å²) in [6.07, 6.45) is 1.35. The summed E-state index contributed by atoms with van der Waals surface area (Å²) in [6, 6.07) is 17.2. The standard InChI is InChI=1S/C22H18ClN5O3/c23-16-7-5-15(6-8-16)18-9-10-21(30)28(26-18)12-11-24-20(29)13-27-14-25-19-4-2-1-3-17(19)22(27)31/h1-10,14H,11-13H2,(H,24,29). The maximum atomic E-state index is 12.5. The first-order chi connectivity index (χ1) is 15.0. The van der Waals surface area contributed by atoms with Gasteiger partial charge in [0, 0.05) is 23.2 Å². The van der Waals surface area contributed by atoms with Crippen LogP contribution in [0.1, 0.15) is 0 Å². The van der Waals surface area contributed by atoms with Gasteiger partial charge in [-0.1, -0.05) is 35.9 Å². The van der Waals surface area contributed by atoms with Crippen LogP contribution in [0.2, 0.25) is 5.02 Å². The summed E-state index contributed by atoms with van der Waals surface area (Å²) in [6.45, 7) is 0.215. The lowest BCUT2D eigenvalue weighted by Gasteiger charge is -2.10. The third-order valence-electron chi connectivity index (χ3n) is 4.70. The molecule has 0 spiro atoms. The lowest BCUT2D eigenvalue weighted by Crippen LogP contribution is -2.36. The van der Waals surface area contributed by atoms with Crippen molar-refractivity contribution in [1.29, 1.82) is 0 Å². The van der Waals surface area contributed by atoms with Crippen LogP contribution >= 0.6 is 11.6 Å². The van der Waals surface area contributed by atoms with E-state index in [9.17, 15) is 14.4 Å². The number of rotatable bonds is 6. The Morgan fingerprint density at radius 2 is 1.77 bits per heavy atom. The third-order valence-corrected chi connectivity index (χ3v) is 4.95. The molecule has 0 atom stereocenters. The number of nitrogens with zero attached hydrogens (tertiary/aromatic N) is 4. The average molecular weight is 436 g/mol. The zero-order chi connectivity index (χ0) is 21.8. The van der Waals surface area contributed by atoms with Crippen LogP contribution in [0.4, 0.5) is 0 Å². The van der Waals surface area contributed by atoms with Crippen LogP contribution in [-0.2, 0) is 17.9 Å². The Balaban J connectivity index is 1.40. The van der Waals surface area contributed by atoms with E-state index in [0.29, 0.717) is 21.6 Å². The van der Waals surface area contributed by atoms with Crippen molar-refractivity contribution in [3.8, 4) is 11.3 Å². The van der Waals surface area contributed by atoms with Crippen LogP contribution in [0.15, 0.2) is 76.6 Å². The number of halogens is 1. The van der Waals surface area contributed by atoms with E-state index in [1.54, 1.807) is 42.5 Å². The van der Waals surface area contributed by atoms with Gasteiger partial charge in [0.2, 0.25) is 5.91 Å². The third kappa shape index (κ3) is 4.70. The second-order valence-corrected chi connectivity index (χ2v) is 7.27. The van der Waals surface area contributed by atoms with Gasteiger partial charge in [0.15, 0.2) is 0 Å². The highest BCUT2D eigenvalue weighted by Gasteiger charge is 2.09. The Morgan fingerprint density at radius 3 is 2.58 bits per heavy atom. The number of para-hydroxylation sites is 1. The summed E-state index contributed by atoms with van der Waals surface area (Å²) in [7, 11) is 0. The molecule has 2 heterocycles. The molecule has 1 amide bonds. The fourth-order valence-electron chi connectivity index (χ4n) is 3.11. The highest BCUT2D eigenvalue weighted by molar-refractivity contribution is 6.30. The maximum absolute atomic E-state index is 12.5. The van der Waals surface area contributed by atoms with Gasteiger partial charge in [0.1, 0.15) is 6.54 Å². The van der Waals surface area contributed by atoms with Gasteiger partial charge in [-0.2, -0.15) is 5.10 Å². The average Bonchev–Trinajstić information content (AvgIpc) is 2.78. The Hall–Kier alpha value is -3.78. The van der Waals surface area contributed by atoms with Crippen molar-refractivity contribution in [2.24, 2.45) is 0 Å². The molecule has 0 bridgehead atoms. The van der Waals surface area contributed by atoms with E-state index in [-0.39, 0.29) is 36.7 Å². The molecule has 8 nitrogen and oxygen atoms in total. The van der Waals surface area contributed by atoms with Crippen molar-refractivity contribution >= 4 is 28.4 Å². The molecule has 1 N–H and O–H groups in total. The molecule has 0 saturated heterocycles. The number of carbonyl (C=O) groups is 1. The van der Waals surface area contributed by atoms with Crippen LogP contribution in [0.5, 0.6) is 0 Å². The van der Waals surface area contributed by atoms with Gasteiger partial charge in [-0.05, 0) is 30.3 Å². The van der Waals surface area contributed by atoms with Gasteiger partial charge in [-0.25, -0.2) is 9.67 Å². The van der Waals surface area contributed by atoms with E-state index in [4.69, 9.17) is 11.6 Å². The second kappa shape index (κ2) is 8.93. The summed E-state index contributed by atoms with van der Waals surface area (Å²) in [5.41, 5.74) is 1.47. The molecule has 0 aliphatic heterocycles. The molecule has 4 rings (SSSR count). The van der Waals surface area contributed by atoms with Gasteiger partial charge in [-0.3, -0.25) is 19.0 Å². The van der Waals surface area contributed by atoms with Gasteiger partial charge in [0.05, 0.1) is 29.5 Å². The van der Waals surface area contributed by atoms with E-state index >= 15 is 0 Å². The van der Waals surface area contributed by atoms with Crippen molar-refractivity contribution in [2.75, 3.05) is 6.54 Å². The summed E-state index contributed by atoms with van der Waals surface area (Å²) < 4.78 is 2.54. The summed E-state index contributed by atoms with van der Waals surface area (Å²) in [5, 5.41) is 8.11. The SMILES string of the molecule is O=C(Cn1cnc2ccccc2c1=O)NCCn1nc(-c2ccc(Cl)cc2)ccc1=O. The molecule has 0 aliphatic rings. The van der Waals surface area contributed by atoms with Gasteiger partial charge < -0.3 is 5.32 Å². The van der Waals surface area contributed by atoms with Gasteiger partial charge >= 0.3 is 0 Å². The molecule has 2 aromatic heterocycles. The molecule has 0 radical (unpaired) electrons. The zero-order valence-corrected chi connectivity index (χ0v) is 17.1. The number of carbonyl (C=O) groups excluding carboxylic acids is 1. The summed E-state index contributed by atoms with van der Waals surface area (Å²) in [5.74, 6) is -0.360. The largest absolute Gasteiger partial charge is 0.353 e. The van der Waals surface area contributed by atoms with Crippen LogP contribution in [-0.4, -0.2) is 31.8 Å². The number of hydrogen-bond acceptors (Lipinski definition) is 5. The van der Waals surface area contributed by atoms with Crippen LogP contribution in [0.25, 0.3) is 22.2 Å². The monoisotopic (exact) mass is 435 g/mol.